The molecule has 19 aromatic carbocycles. The van der Waals surface area contributed by atoms with E-state index in [9.17, 15) is 0 Å². The van der Waals surface area contributed by atoms with Gasteiger partial charge < -0.3 is 9.80 Å². The first-order valence-corrected chi connectivity index (χ1v) is 41.9. The second kappa shape index (κ2) is 30.3. The molecule has 0 unspecified atom stereocenters. The van der Waals surface area contributed by atoms with Gasteiger partial charge in [0, 0.05) is 44.5 Å². The van der Waals surface area contributed by atoms with Crippen LogP contribution < -0.4 is 9.80 Å². The summed E-state index contributed by atoms with van der Waals surface area (Å²) in [6, 6.07) is 167. The molecule has 2 aliphatic carbocycles. The lowest BCUT2D eigenvalue weighted by Gasteiger charge is -2.32. The van der Waals surface area contributed by atoms with Crippen LogP contribution in [0.15, 0.2) is 449 Å². The molecule has 568 valence electrons. The third-order valence-corrected chi connectivity index (χ3v) is 25.3. The molecular formula is C118H86N2. The summed E-state index contributed by atoms with van der Waals surface area (Å²) in [5.74, 6) is 0. The quantitative estimate of drug-likeness (QED) is 0.0896. The first kappa shape index (κ1) is 72.7. The van der Waals surface area contributed by atoms with E-state index in [4.69, 9.17) is 0 Å². The molecule has 0 N–H and O–H groups in total. The van der Waals surface area contributed by atoms with Gasteiger partial charge in [0.05, 0.1) is 22.7 Å². The van der Waals surface area contributed by atoms with Gasteiger partial charge in [-0.25, -0.2) is 0 Å². The van der Waals surface area contributed by atoms with E-state index < -0.39 is 0 Å². The molecule has 0 saturated carbocycles. The third-order valence-electron chi connectivity index (χ3n) is 25.3. The molecule has 0 amide bonds. The Morgan fingerprint density at radius 2 is 0.450 bits per heavy atom. The number of fused-ring (bicyclic) bond motifs is 7. The van der Waals surface area contributed by atoms with Crippen molar-refractivity contribution in [2.75, 3.05) is 9.80 Å². The number of nitrogens with zero attached hydrogens (tertiary/aromatic N) is 2. The monoisotopic (exact) mass is 1530 g/mol. The summed E-state index contributed by atoms with van der Waals surface area (Å²) in [5, 5.41) is 2.43. The van der Waals surface area contributed by atoms with Gasteiger partial charge >= 0.3 is 0 Å². The van der Waals surface area contributed by atoms with E-state index in [1.54, 1.807) is 0 Å². The van der Waals surface area contributed by atoms with Crippen molar-refractivity contribution in [1.82, 2.24) is 0 Å². The molecule has 0 saturated heterocycles. The Hall–Kier alpha value is -15.0. The molecule has 19 aromatic rings. The van der Waals surface area contributed by atoms with Crippen LogP contribution in [0.2, 0.25) is 0 Å². The van der Waals surface area contributed by atoms with Crippen molar-refractivity contribution in [3.63, 3.8) is 0 Å². The smallest absolute Gasteiger partial charge is 0.0546 e. The van der Waals surface area contributed by atoms with Crippen LogP contribution in [-0.2, 0) is 10.8 Å². The zero-order chi connectivity index (χ0) is 80.4. The summed E-state index contributed by atoms with van der Waals surface area (Å²) in [4.78, 5) is 5.10. The van der Waals surface area contributed by atoms with Crippen molar-refractivity contribution in [2.45, 2.75) is 38.5 Å². The number of benzene rings is 19. The maximum atomic E-state index is 2.55. The molecule has 0 heterocycles. The SMILES string of the molecule is CC1(C)c2ccccc2-c2c(-c3ccccc3N(c3cccc(-c4ccc(-c5ccc6c(c5)C(C)(C)c5cccc(-c7ccccc7N(c7cccc(-c8ccc9ccccc9c8)c7)c7cccc(-c8ccccc8)c7-c7ccccc7-c7ccccc7)c5-6)cc4)c3)c3cccc(-c4ccccc4)c3-c3ccccc3-c3ccccc3)cccc21. The summed E-state index contributed by atoms with van der Waals surface area (Å²) >= 11 is 0. The zero-order valence-corrected chi connectivity index (χ0v) is 67.6. The normalized spacial score (nSPS) is 12.6. The van der Waals surface area contributed by atoms with Gasteiger partial charge in [0.1, 0.15) is 0 Å². The molecule has 0 radical (unpaired) electrons. The summed E-state index contributed by atoms with van der Waals surface area (Å²) < 4.78 is 0. The van der Waals surface area contributed by atoms with E-state index in [2.05, 4.69) is 486 Å². The van der Waals surface area contributed by atoms with E-state index in [0.717, 1.165) is 129 Å². The predicted octanol–water partition coefficient (Wildman–Crippen LogP) is 32.7. The van der Waals surface area contributed by atoms with Gasteiger partial charge in [-0.2, -0.15) is 0 Å². The highest BCUT2D eigenvalue weighted by atomic mass is 15.2. The highest BCUT2D eigenvalue weighted by molar-refractivity contribution is 6.08. The summed E-state index contributed by atoms with van der Waals surface area (Å²) in [7, 11) is 0. The molecule has 21 rings (SSSR count). The van der Waals surface area contributed by atoms with Gasteiger partial charge in [0.25, 0.3) is 0 Å². The molecule has 2 aliphatic rings. The Bertz CT molecular complexity index is 7130. The van der Waals surface area contributed by atoms with Gasteiger partial charge in [0.2, 0.25) is 0 Å². The first-order valence-electron chi connectivity index (χ1n) is 41.9. The number of hydrogen-bond donors (Lipinski definition) is 0. The van der Waals surface area contributed by atoms with E-state index >= 15 is 0 Å². The second-order valence-corrected chi connectivity index (χ2v) is 32.9. The van der Waals surface area contributed by atoms with Crippen molar-refractivity contribution >= 4 is 44.9 Å². The lowest BCUT2D eigenvalue weighted by atomic mass is 9.81. The maximum Gasteiger partial charge on any atom is 0.0546 e. The molecule has 120 heavy (non-hydrogen) atoms. The van der Waals surface area contributed by atoms with Crippen LogP contribution in [0, 0.1) is 0 Å². The molecule has 0 aromatic heterocycles. The minimum absolute atomic E-state index is 0.179. The zero-order valence-electron chi connectivity index (χ0n) is 67.6. The van der Waals surface area contributed by atoms with E-state index in [-0.39, 0.29) is 10.8 Å². The van der Waals surface area contributed by atoms with Crippen molar-refractivity contribution in [1.29, 1.82) is 0 Å². The van der Waals surface area contributed by atoms with Crippen molar-refractivity contribution in [3.05, 3.63) is 471 Å². The van der Waals surface area contributed by atoms with Crippen LogP contribution in [0.3, 0.4) is 0 Å². The Balaban J connectivity index is 0.687. The summed E-state index contributed by atoms with van der Waals surface area (Å²) in [6.45, 7) is 9.59. The van der Waals surface area contributed by atoms with E-state index in [1.807, 2.05) is 0 Å². The molecular weight excluding hydrogens is 1450 g/mol. The fraction of sp³-hybridized carbons (Fsp3) is 0.0508. The average molecular weight is 1530 g/mol. The van der Waals surface area contributed by atoms with Crippen molar-refractivity contribution < 1.29 is 0 Å². The molecule has 2 nitrogen and oxygen atoms in total. The standard InChI is InChI=1S/C118H86N2/c1-117(2)105-60-26-23-55-103(105)113-101(58-31-61-106(113)117)97-51-24-27-63-109(97)119(111-65-33-56-95(84-40-13-7-14-41-84)115(111)99-53-21-19-49-93(99)82-36-9-5-10-37-82)91-47-29-45-87(76-91)80-67-69-81(70-68-80)90-73-74-104-108(78-90)118(3,4)107-62-32-59-102(114(104)107)98-52-25-28-64-110(98)120(92-48-30-46-88(77-92)89-72-71-79-35-17-18-44-86(79)75-89)112-66-34-57-96(85-42-15-8-16-43-85)116(112)100-54-22-20-50-94(100)83-38-11-6-12-39-83/h5-78H,1-4H3. The average Bonchev–Trinajstić information content (AvgIpc) is 1.45. The van der Waals surface area contributed by atoms with E-state index in [0.29, 0.717) is 0 Å². The largest absolute Gasteiger partial charge is 0.309 e. The molecule has 2 heteroatoms. The van der Waals surface area contributed by atoms with Gasteiger partial charge in [0.15, 0.2) is 0 Å². The molecule has 0 fully saturated rings. The topological polar surface area (TPSA) is 6.48 Å². The number of para-hydroxylation sites is 2. The second-order valence-electron chi connectivity index (χ2n) is 32.9. The van der Waals surface area contributed by atoms with Gasteiger partial charge in [-0.05, 0) is 216 Å². The molecule has 0 bridgehead atoms. The fourth-order valence-corrected chi connectivity index (χ4v) is 19.5. The van der Waals surface area contributed by atoms with Crippen LogP contribution in [-0.4, -0.2) is 0 Å². The minimum atomic E-state index is -0.339. The van der Waals surface area contributed by atoms with Gasteiger partial charge in [-0.15, -0.1) is 0 Å². The minimum Gasteiger partial charge on any atom is -0.309 e. The number of hydrogen-bond acceptors (Lipinski definition) is 2. The fourth-order valence-electron chi connectivity index (χ4n) is 19.5. The third kappa shape index (κ3) is 12.7. The molecule has 0 spiro atoms. The Labute approximate surface area is 704 Å². The van der Waals surface area contributed by atoms with Crippen LogP contribution in [0.1, 0.15) is 49.9 Å². The molecule has 0 aliphatic heterocycles. The lowest BCUT2D eigenvalue weighted by molar-refractivity contribution is 0.660. The van der Waals surface area contributed by atoms with Crippen LogP contribution in [0.4, 0.5) is 34.1 Å². The van der Waals surface area contributed by atoms with Gasteiger partial charge in [-0.3, -0.25) is 0 Å². The van der Waals surface area contributed by atoms with Gasteiger partial charge in [-0.1, -0.05) is 416 Å². The Morgan fingerprint density at radius 3 is 0.942 bits per heavy atom. The van der Waals surface area contributed by atoms with Crippen molar-refractivity contribution in [2.24, 2.45) is 0 Å². The van der Waals surface area contributed by atoms with Crippen LogP contribution in [0.25, 0.3) is 155 Å². The van der Waals surface area contributed by atoms with Crippen LogP contribution in [0.5, 0.6) is 0 Å². The number of anilines is 6. The Kier molecular flexibility index (Phi) is 18.3. The first-order chi connectivity index (χ1) is 59.1. The number of rotatable bonds is 17. The highest BCUT2D eigenvalue weighted by Crippen LogP contribution is 2.59. The maximum absolute atomic E-state index is 2.55. The van der Waals surface area contributed by atoms with Crippen LogP contribution >= 0.6 is 0 Å². The van der Waals surface area contributed by atoms with Crippen molar-refractivity contribution in [3.8, 4) is 145 Å². The predicted molar refractivity (Wildman–Crippen MR) is 508 cm³/mol. The van der Waals surface area contributed by atoms with E-state index in [1.165, 1.54) is 83.1 Å². The highest BCUT2D eigenvalue weighted by Gasteiger charge is 2.40. The molecule has 0 atom stereocenters. The summed E-state index contributed by atoms with van der Waals surface area (Å²) in [6.07, 6.45) is 0. The summed E-state index contributed by atoms with van der Waals surface area (Å²) in [5.41, 5.74) is 41.8. The Morgan fingerprint density at radius 1 is 0.150 bits per heavy atom. The lowest BCUT2D eigenvalue weighted by Crippen LogP contribution is -2.15.